The molecule has 2 aromatic heterocycles. The van der Waals surface area contributed by atoms with Gasteiger partial charge in [-0.15, -0.1) is 0 Å². The van der Waals surface area contributed by atoms with Crippen LogP contribution < -0.4 is 4.74 Å². The van der Waals surface area contributed by atoms with Crippen LogP contribution in [-0.4, -0.2) is 59.0 Å². The highest BCUT2D eigenvalue weighted by Crippen LogP contribution is 2.38. The average molecular weight is 589 g/mol. The van der Waals surface area contributed by atoms with Crippen LogP contribution in [0.25, 0.3) is 22.2 Å². The average Bonchev–Trinajstić information content (AvgIpc) is 3.23. The van der Waals surface area contributed by atoms with Crippen molar-refractivity contribution in [3.05, 3.63) is 71.9 Å². The SMILES string of the molecule is CC(C)(C)OC(=O)N1Cc2nc3cc(F)c(-c4ccnc(S(C)(=O)=O)c4)cc3n2[C@@H](c2ccccc2OC(F)F)C1. The molecule has 9 nitrogen and oxygen atoms in total. The lowest BCUT2D eigenvalue weighted by atomic mass is 10.0. The van der Waals surface area contributed by atoms with E-state index in [2.05, 4.69) is 9.97 Å². The summed E-state index contributed by atoms with van der Waals surface area (Å²) in [7, 11) is -3.65. The van der Waals surface area contributed by atoms with Crippen LogP contribution in [0.2, 0.25) is 0 Å². The molecule has 3 heterocycles. The van der Waals surface area contributed by atoms with Crippen LogP contribution in [0.15, 0.2) is 59.8 Å². The van der Waals surface area contributed by atoms with E-state index in [9.17, 15) is 22.0 Å². The molecule has 41 heavy (non-hydrogen) atoms. The Balaban J connectivity index is 1.70. The smallest absolute Gasteiger partial charge is 0.410 e. The number of hydrogen-bond acceptors (Lipinski definition) is 7. The predicted octanol–water partition coefficient (Wildman–Crippen LogP) is 5.58. The molecule has 0 saturated heterocycles. The monoisotopic (exact) mass is 588 g/mol. The number of hydrogen-bond donors (Lipinski definition) is 0. The van der Waals surface area contributed by atoms with E-state index in [1.54, 1.807) is 43.5 Å². The molecular formula is C28H27F3N4O5S. The minimum absolute atomic E-state index is 0.0163. The minimum atomic E-state index is -3.65. The molecule has 5 rings (SSSR count). The molecule has 0 radical (unpaired) electrons. The Bertz CT molecular complexity index is 1750. The van der Waals surface area contributed by atoms with Gasteiger partial charge in [-0.25, -0.2) is 27.6 Å². The van der Waals surface area contributed by atoms with Crippen molar-refractivity contribution in [2.75, 3.05) is 12.8 Å². The topological polar surface area (TPSA) is 104 Å². The molecule has 0 spiro atoms. The van der Waals surface area contributed by atoms with E-state index in [1.165, 1.54) is 41.4 Å². The molecule has 4 aromatic rings. The summed E-state index contributed by atoms with van der Waals surface area (Å²) < 4.78 is 78.3. The number of carbonyl (C=O) groups excluding carboxylic acids is 1. The number of para-hydroxylation sites is 1. The lowest BCUT2D eigenvalue weighted by Gasteiger charge is -2.36. The number of benzene rings is 2. The number of alkyl halides is 2. The van der Waals surface area contributed by atoms with E-state index in [-0.39, 0.29) is 40.5 Å². The zero-order valence-corrected chi connectivity index (χ0v) is 23.5. The number of amides is 1. The van der Waals surface area contributed by atoms with Gasteiger partial charge in [-0.2, -0.15) is 8.78 Å². The van der Waals surface area contributed by atoms with E-state index >= 15 is 4.39 Å². The maximum atomic E-state index is 15.4. The molecule has 0 N–H and O–H groups in total. The summed E-state index contributed by atoms with van der Waals surface area (Å²) in [5, 5.41) is -0.214. The van der Waals surface area contributed by atoms with E-state index in [1.807, 2.05) is 0 Å². The zero-order chi connectivity index (χ0) is 29.7. The summed E-state index contributed by atoms with van der Waals surface area (Å²) in [6.45, 7) is 2.14. The van der Waals surface area contributed by atoms with Crippen LogP contribution in [0.4, 0.5) is 18.0 Å². The lowest BCUT2D eigenvalue weighted by Crippen LogP contribution is -2.44. The molecule has 216 valence electrons. The molecule has 13 heteroatoms. The second kappa shape index (κ2) is 10.4. The number of rotatable bonds is 5. The minimum Gasteiger partial charge on any atom is -0.444 e. The first kappa shape index (κ1) is 28.4. The number of imidazole rings is 1. The van der Waals surface area contributed by atoms with E-state index < -0.39 is 40.0 Å². The third-order valence-corrected chi connectivity index (χ3v) is 7.44. The second-order valence-electron chi connectivity index (χ2n) is 10.7. The van der Waals surface area contributed by atoms with Crippen LogP contribution in [0, 0.1) is 5.82 Å². The summed E-state index contributed by atoms with van der Waals surface area (Å²) in [5.41, 5.74) is 0.666. The van der Waals surface area contributed by atoms with Crippen molar-refractivity contribution in [1.82, 2.24) is 19.4 Å². The van der Waals surface area contributed by atoms with Gasteiger partial charge in [-0.05, 0) is 50.6 Å². The van der Waals surface area contributed by atoms with Gasteiger partial charge in [0.2, 0.25) is 0 Å². The highest BCUT2D eigenvalue weighted by molar-refractivity contribution is 7.90. The molecule has 1 aliphatic rings. The third kappa shape index (κ3) is 5.85. The van der Waals surface area contributed by atoms with Gasteiger partial charge in [0.05, 0.1) is 23.6 Å². The van der Waals surface area contributed by atoms with Gasteiger partial charge >= 0.3 is 12.7 Å². The van der Waals surface area contributed by atoms with E-state index in [4.69, 9.17) is 9.47 Å². The van der Waals surface area contributed by atoms with Crippen molar-refractivity contribution in [3.63, 3.8) is 0 Å². The van der Waals surface area contributed by atoms with Crippen LogP contribution in [-0.2, 0) is 21.1 Å². The Morgan fingerprint density at radius 2 is 1.85 bits per heavy atom. The van der Waals surface area contributed by atoms with Crippen molar-refractivity contribution in [1.29, 1.82) is 0 Å². The van der Waals surface area contributed by atoms with E-state index in [0.29, 0.717) is 16.9 Å². The molecular weight excluding hydrogens is 561 g/mol. The summed E-state index contributed by atoms with van der Waals surface area (Å²) in [6, 6.07) is 11.0. The van der Waals surface area contributed by atoms with Gasteiger partial charge in [-0.1, -0.05) is 18.2 Å². The number of carbonyl (C=O) groups is 1. The highest BCUT2D eigenvalue weighted by Gasteiger charge is 2.35. The summed E-state index contributed by atoms with van der Waals surface area (Å²) in [4.78, 5) is 22.9. The normalized spacial score (nSPS) is 15.7. The fourth-order valence-corrected chi connectivity index (χ4v) is 5.41. The van der Waals surface area contributed by atoms with Crippen LogP contribution >= 0.6 is 0 Å². The summed E-state index contributed by atoms with van der Waals surface area (Å²) in [6.07, 6.45) is 1.66. The second-order valence-corrected chi connectivity index (χ2v) is 12.6. The quantitative estimate of drug-likeness (QED) is 0.300. The molecule has 1 aliphatic heterocycles. The summed E-state index contributed by atoms with van der Waals surface area (Å²) in [5.74, 6) is -0.363. The van der Waals surface area contributed by atoms with Gasteiger partial charge in [0, 0.05) is 36.2 Å². The van der Waals surface area contributed by atoms with Crippen molar-refractivity contribution < 1.29 is 35.9 Å². The highest BCUT2D eigenvalue weighted by atomic mass is 32.2. The molecule has 1 amide bonds. The molecule has 2 aromatic carbocycles. The largest absolute Gasteiger partial charge is 0.444 e. The zero-order valence-electron chi connectivity index (χ0n) is 22.6. The number of ether oxygens (including phenoxy) is 2. The standard InChI is InChI=1S/C28H27F3N4O5S/c1-28(2,3)40-27(36)34-14-22(17-7-5-6-8-23(17)39-26(30)31)35-21-12-18(19(29)13-20(21)33-24(35)15-34)16-9-10-32-25(11-16)41(4,37)38/h5-13,22,26H,14-15H2,1-4H3/t22-/m1/s1. The Hall–Kier alpha value is -4.13. The van der Waals surface area contributed by atoms with Crippen molar-refractivity contribution >= 4 is 27.0 Å². The van der Waals surface area contributed by atoms with Crippen LogP contribution in [0.5, 0.6) is 5.75 Å². The lowest BCUT2D eigenvalue weighted by molar-refractivity contribution is -0.0509. The number of pyridine rings is 1. The maximum Gasteiger partial charge on any atom is 0.410 e. The fraction of sp³-hybridized carbons (Fsp3) is 0.321. The van der Waals surface area contributed by atoms with Crippen molar-refractivity contribution in [3.8, 4) is 16.9 Å². The Morgan fingerprint density at radius 1 is 1.12 bits per heavy atom. The fourth-order valence-electron chi connectivity index (χ4n) is 4.81. The van der Waals surface area contributed by atoms with Gasteiger partial charge in [0.15, 0.2) is 14.9 Å². The van der Waals surface area contributed by atoms with Gasteiger partial charge in [0.25, 0.3) is 0 Å². The maximum absolute atomic E-state index is 15.4. The van der Waals surface area contributed by atoms with Crippen LogP contribution in [0.1, 0.15) is 38.2 Å². The predicted molar refractivity (Wildman–Crippen MR) is 144 cm³/mol. The molecule has 0 unspecified atom stereocenters. The van der Waals surface area contributed by atoms with E-state index in [0.717, 1.165) is 6.26 Å². The first-order valence-corrected chi connectivity index (χ1v) is 14.5. The Kier molecular flexibility index (Phi) is 7.18. The Labute approximate surface area is 234 Å². The molecule has 0 aliphatic carbocycles. The van der Waals surface area contributed by atoms with Crippen LogP contribution in [0.3, 0.4) is 0 Å². The molecule has 0 fully saturated rings. The number of sulfone groups is 1. The Morgan fingerprint density at radius 3 is 2.54 bits per heavy atom. The van der Waals surface area contributed by atoms with Gasteiger partial charge < -0.3 is 14.0 Å². The first-order valence-electron chi connectivity index (χ1n) is 12.6. The van der Waals surface area contributed by atoms with Gasteiger partial charge in [-0.3, -0.25) is 4.90 Å². The third-order valence-electron chi connectivity index (χ3n) is 6.46. The molecule has 1 atom stereocenters. The van der Waals surface area contributed by atoms with Crippen molar-refractivity contribution in [2.45, 2.75) is 50.6 Å². The number of halogens is 3. The molecule has 0 saturated carbocycles. The number of aromatic nitrogens is 3. The first-order chi connectivity index (χ1) is 19.2. The van der Waals surface area contributed by atoms with Gasteiger partial charge in [0.1, 0.15) is 23.0 Å². The number of fused-ring (bicyclic) bond motifs is 3. The summed E-state index contributed by atoms with van der Waals surface area (Å²) >= 11 is 0. The van der Waals surface area contributed by atoms with Crippen molar-refractivity contribution in [2.24, 2.45) is 0 Å². The number of nitrogens with zero attached hydrogens (tertiary/aromatic N) is 4. The molecule has 0 bridgehead atoms.